The molecule has 5 N–H and O–H groups in total. The molecule has 1 aromatic rings. The Labute approximate surface area is 398 Å². The zero-order valence-electron chi connectivity index (χ0n) is 42.4. The summed E-state index contributed by atoms with van der Waals surface area (Å²) in [5, 5.41) is 55.3. The number of hydrogen-bond acceptors (Lipinski definition) is 16. The van der Waals surface area contributed by atoms with Gasteiger partial charge in [-0.2, -0.15) is 5.10 Å². The Morgan fingerprint density at radius 2 is 1.67 bits per heavy atom. The number of carbonyl (C=O) groups is 2. The van der Waals surface area contributed by atoms with Gasteiger partial charge in [-0.05, 0) is 108 Å². The summed E-state index contributed by atoms with van der Waals surface area (Å²) in [6, 6.07) is -0.856. The van der Waals surface area contributed by atoms with Gasteiger partial charge in [-0.25, -0.2) is 0 Å². The summed E-state index contributed by atoms with van der Waals surface area (Å²) in [5.74, 6) is -3.01. The van der Waals surface area contributed by atoms with E-state index in [1.54, 1.807) is 48.8 Å². The van der Waals surface area contributed by atoms with Crippen molar-refractivity contribution in [3.63, 3.8) is 0 Å². The quantitative estimate of drug-likeness (QED) is 0.141. The topological polar surface area (TPSA) is 216 Å². The van der Waals surface area contributed by atoms with Gasteiger partial charge in [-0.3, -0.25) is 14.3 Å². The average molecular weight is 963 g/mol. The van der Waals surface area contributed by atoms with Crippen molar-refractivity contribution in [1.29, 1.82) is 0 Å². The van der Waals surface area contributed by atoms with E-state index < -0.39 is 96.0 Å². The maximum absolute atomic E-state index is 14.5. The van der Waals surface area contributed by atoms with Gasteiger partial charge in [0.1, 0.15) is 35.2 Å². The van der Waals surface area contributed by atoms with Crippen molar-refractivity contribution in [1.82, 2.24) is 24.9 Å². The lowest BCUT2D eigenvalue weighted by Gasteiger charge is -2.49. The molecule has 382 valence electrons. The van der Waals surface area contributed by atoms with Gasteiger partial charge in [0.05, 0.1) is 52.8 Å². The van der Waals surface area contributed by atoms with E-state index in [2.05, 4.69) is 10.4 Å². The molecule has 18 nitrogen and oxygen atoms in total. The van der Waals surface area contributed by atoms with Crippen molar-refractivity contribution in [2.45, 2.75) is 199 Å². The number of hydrogen-bond donors (Lipinski definition) is 5. The smallest absolute Gasteiger partial charge is 0.311 e. The van der Waals surface area contributed by atoms with E-state index in [4.69, 9.17) is 44.8 Å². The van der Waals surface area contributed by atoms with Crippen molar-refractivity contribution in [3.05, 3.63) is 16.4 Å². The molecule has 0 saturated carbocycles. The third-order valence-electron chi connectivity index (χ3n) is 14.4. The van der Waals surface area contributed by atoms with Gasteiger partial charge >= 0.3 is 5.97 Å². The standard InChI is InChI=1S/C47H84ClN5O13/c1-17-33-47(11,59)38(55)30(7)52(14)24-25(2)22-45(9,58)39(66-44-36(54)32(51(12)13)21-26(3)62-44)27(4)37(28(5)43(57)64-33)65-34-23-46(10,60-16)40(31(8)63-34)61-20-18-19-49-42(56)35-29(6)50-53(15)41(35)48/h25-28,30-34,36-40,44,54-55,58-59H,17-24H2,1-16H3,(H,49,56)/t25-,26-,27+,28-,30-,31+,32+,33-,34+,36-,37+,38-,39-,40+,44+,45-,46-,47-/m1/s1. The lowest BCUT2D eigenvalue weighted by molar-refractivity contribution is -0.320. The Bertz CT molecular complexity index is 1740. The molecular weight excluding hydrogens is 878 g/mol. The molecule has 0 radical (unpaired) electrons. The van der Waals surface area contributed by atoms with Crippen LogP contribution in [-0.4, -0.2) is 190 Å². The van der Waals surface area contributed by atoms with Crippen LogP contribution in [0.2, 0.25) is 5.15 Å². The highest BCUT2D eigenvalue weighted by Crippen LogP contribution is 2.41. The number of aliphatic hydroxyl groups is 4. The summed E-state index contributed by atoms with van der Waals surface area (Å²) in [6.07, 6.45) is -7.47. The number of esters is 1. The highest BCUT2D eigenvalue weighted by molar-refractivity contribution is 6.33. The number of ether oxygens (including phenoxy) is 7. The molecule has 0 aliphatic carbocycles. The number of carbonyl (C=O) groups excluding carboxylic acids is 2. The van der Waals surface area contributed by atoms with Crippen LogP contribution in [0.3, 0.4) is 0 Å². The van der Waals surface area contributed by atoms with E-state index in [0.29, 0.717) is 37.2 Å². The first-order valence-electron chi connectivity index (χ1n) is 23.7. The van der Waals surface area contributed by atoms with Crippen molar-refractivity contribution < 1.29 is 63.2 Å². The second-order valence-electron chi connectivity index (χ2n) is 20.5. The minimum absolute atomic E-state index is 0.169. The van der Waals surface area contributed by atoms with Gasteiger partial charge in [0, 0.05) is 58.3 Å². The van der Waals surface area contributed by atoms with Crippen LogP contribution in [0.15, 0.2) is 0 Å². The normalized spacial score (nSPS) is 41.5. The summed E-state index contributed by atoms with van der Waals surface area (Å²) in [6.45, 7) is 20.7. The van der Waals surface area contributed by atoms with Crippen molar-refractivity contribution in [3.8, 4) is 0 Å². The number of aliphatic hydroxyl groups excluding tert-OH is 2. The van der Waals surface area contributed by atoms with Crippen molar-refractivity contribution >= 4 is 23.5 Å². The van der Waals surface area contributed by atoms with Gasteiger partial charge < -0.3 is 68.7 Å². The number of methoxy groups -OCH3 is 1. The predicted molar refractivity (Wildman–Crippen MR) is 248 cm³/mol. The molecule has 0 spiro atoms. The zero-order chi connectivity index (χ0) is 49.8. The fourth-order valence-corrected chi connectivity index (χ4v) is 10.8. The summed E-state index contributed by atoms with van der Waals surface area (Å²) < 4.78 is 46.7. The molecule has 18 atom stereocenters. The van der Waals surface area contributed by atoms with Gasteiger partial charge in [0.25, 0.3) is 5.91 Å². The first-order valence-corrected chi connectivity index (χ1v) is 24.1. The minimum Gasteiger partial charge on any atom is -0.459 e. The van der Waals surface area contributed by atoms with E-state index in [-0.39, 0.29) is 55.0 Å². The monoisotopic (exact) mass is 962 g/mol. The van der Waals surface area contributed by atoms with E-state index >= 15 is 0 Å². The van der Waals surface area contributed by atoms with E-state index in [1.165, 1.54) is 11.6 Å². The number of aromatic nitrogens is 2. The highest BCUT2D eigenvalue weighted by Gasteiger charge is 2.53. The lowest BCUT2D eigenvalue weighted by Crippen LogP contribution is -2.61. The molecule has 3 fully saturated rings. The number of halogens is 1. The third-order valence-corrected chi connectivity index (χ3v) is 14.9. The van der Waals surface area contributed by atoms with Gasteiger partial charge in [0.15, 0.2) is 12.6 Å². The summed E-state index contributed by atoms with van der Waals surface area (Å²) in [5.41, 5.74) is -3.51. The molecule has 3 aliphatic rings. The van der Waals surface area contributed by atoms with Gasteiger partial charge in [-0.15, -0.1) is 0 Å². The fraction of sp³-hybridized carbons (Fsp3) is 0.894. The molecule has 66 heavy (non-hydrogen) atoms. The summed E-state index contributed by atoms with van der Waals surface area (Å²) in [7, 11) is 8.87. The summed E-state index contributed by atoms with van der Waals surface area (Å²) in [4.78, 5) is 31.2. The molecule has 4 rings (SSSR count). The number of cyclic esters (lactones) is 1. The van der Waals surface area contributed by atoms with E-state index in [1.807, 2.05) is 65.6 Å². The molecule has 19 heteroatoms. The molecule has 3 aliphatic heterocycles. The third kappa shape index (κ3) is 13.0. The van der Waals surface area contributed by atoms with Crippen LogP contribution in [0.4, 0.5) is 0 Å². The SMILES string of the molecule is CC[C@H]1OC(=O)[C@H](C)[C@@H](O[C@H]2C[C@@](C)(OC)[C@@H](OCCCNC(=O)c3c(C)nn(C)c3Cl)[C@H](C)O2)[C@H](C)[C@@H](O[C@@H]2O[C@H](C)C[C@H](N(C)C)[C@H]2O)[C@](C)(O)C[C@@H](C)CN(C)[C@H](C)[C@@H](O)[C@]1(C)O. The number of amides is 1. The van der Waals surface area contributed by atoms with Crippen LogP contribution in [0.1, 0.15) is 117 Å². The summed E-state index contributed by atoms with van der Waals surface area (Å²) >= 11 is 6.29. The molecular formula is C47H84ClN5O13. The molecule has 1 amide bonds. The highest BCUT2D eigenvalue weighted by atomic mass is 35.5. The van der Waals surface area contributed by atoms with Crippen LogP contribution < -0.4 is 5.32 Å². The van der Waals surface area contributed by atoms with Crippen LogP contribution in [0.5, 0.6) is 0 Å². The molecule has 1 aromatic heterocycles. The molecule has 0 bridgehead atoms. The molecule has 4 heterocycles. The number of nitrogens with zero attached hydrogens (tertiary/aromatic N) is 4. The lowest BCUT2D eigenvalue weighted by atomic mass is 9.77. The van der Waals surface area contributed by atoms with E-state index in [9.17, 15) is 30.0 Å². The predicted octanol–water partition coefficient (Wildman–Crippen LogP) is 3.44. The first kappa shape index (κ1) is 56.5. The van der Waals surface area contributed by atoms with E-state index in [0.717, 1.165) is 0 Å². The first-order chi connectivity index (χ1) is 30.6. The Kier molecular flexibility index (Phi) is 19.9. The van der Waals surface area contributed by atoms with Crippen LogP contribution in [0, 0.1) is 24.7 Å². The van der Waals surface area contributed by atoms with Crippen LogP contribution in [0.25, 0.3) is 0 Å². The zero-order valence-corrected chi connectivity index (χ0v) is 43.2. The van der Waals surface area contributed by atoms with Gasteiger partial charge in [-0.1, -0.05) is 32.4 Å². The minimum atomic E-state index is -1.83. The Balaban J connectivity index is 1.67. The van der Waals surface area contributed by atoms with Crippen LogP contribution >= 0.6 is 11.6 Å². The number of nitrogens with one attached hydrogen (secondary N) is 1. The maximum Gasteiger partial charge on any atom is 0.311 e. The average Bonchev–Trinajstić information content (AvgIpc) is 3.49. The second kappa shape index (κ2) is 23.3. The van der Waals surface area contributed by atoms with Gasteiger partial charge in [0.2, 0.25) is 0 Å². The van der Waals surface area contributed by atoms with Crippen molar-refractivity contribution in [2.24, 2.45) is 24.8 Å². The molecule has 0 aromatic carbocycles. The Morgan fingerprint density at radius 3 is 2.24 bits per heavy atom. The number of rotatable bonds is 13. The largest absolute Gasteiger partial charge is 0.459 e. The molecule has 3 saturated heterocycles. The van der Waals surface area contributed by atoms with Crippen molar-refractivity contribution in [2.75, 3.05) is 47.9 Å². The van der Waals surface area contributed by atoms with Crippen LogP contribution in [-0.2, 0) is 45.0 Å². The fourth-order valence-electron chi connectivity index (χ4n) is 10.5. The maximum atomic E-state index is 14.5. The number of likely N-dealkylation sites (N-methyl/N-ethyl adjacent to an activating group) is 2. The number of aryl methyl sites for hydroxylation is 2. The Morgan fingerprint density at radius 1 is 1.02 bits per heavy atom. The Hall–Kier alpha value is -2.04. The second-order valence-corrected chi connectivity index (χ2v) is 20.9. The molecule has 0 unspecified atom stereocenters.